The van der Waals surface area contributed by atoms with Crippen LogP contribution in [-0.4, -0.2) is 32.7 Å². The van der Waals surface area contributed by atoms with Gasteiger partial charge in [-0.1, -0.05) is 13.8 Å². The summed E-state index contributed by atoms with van der Waals surface area (Å²) in [6, 6.07) is 0. The molecule has 1 atom stereocenters. The van der Waals surface area contributed by atoms with Gasteiger partial charge in [0.1, 0.15) is 0 Å². The predicted octanol–water partition coefficient (Wildman–Crippen LogP) is 2.32. The number of nitrogens with one attached hydrogen (secondary N) is 1. The van der Waals surface area contributed by atoms with Crippen LogP contribution in [0.15, 0.2) is 0 Å². The van der Waals surface area contributed by atoms with E-state index in [1.165, 1.54) is 12.8 Å². The molecule has 1 saturated carbocycles. The fourth-order valence-corrected chi connectivity index (χ4v) is 2.73. The Morgan fingerprint density at radius 1 is 1.35 bits per heavy atom. The predicted molar refractivity (Wildman–Crippen MR) is 82.4 cm³/mol. The highest BCUT2D eigenvalue weighted by atomic mass is 16.5. The van der Waals surface area contributed by atoms with E-state index in [1.807, 2.05) is 0 Å². The highest BCUT2D eigenvalue weighted by Crippen LogP contribution is 2.48. The van der Waals surface area contributed by atoms with Gasteiger partial charge in [0, 0.05) is 26.7 Å². The largest absolute Gasteiger partial charge is 0.385 e. The molecular formula is C16H32N2O2. The third kappa shape index (κ3) is 6.23. The molecule has 20 heavy (non-hydrogen) atoms. The summed E-state index contributed by atoms with van der Waals surface area (Å²) in [5.74, 6) is 1.35. The fourth-order valence-electron chi connectivity index (χ4n) is 2.73. The van der Waals surface area contributed by atoms with Crippen molar-refractivity contribution in [3.63, 3.8) is 0 Å². The van der Waals surface area contributed by atoms with Crippen molar-refractivity contribution >= 4 is 5.91 Å². The molecule has 0 spiro atoms. The average Bonchev–Trinajstić information content (AvgIpc) is 3.19. The molecule has 1 rings (SSSR count). The van der Waals surface area contributed by atoms with E-state index in [0.717, 1.165) is 32.4 Å². The number of nitrogens with two attached hydrogens (primary N) is 1. The lowest BCUT2D eigenvalue weighted by Crippen LogP contribution is -2.31. The lowest BCUT2D eigenvalue weighted by Gasteiger charge is -2.20. The van der Waals surface area contributed by atoms with Crippen LogP contribution in [0.2, 0.25) is 0 Å². The molecule has 118 valence electrons. The van der Waals surface area contributed by atoms with Gasteiger partial charge in [0.25, 0.3) is 0 Å². The van der Waals surface area contributed by atoms with E-state index in [0.29, 0.717) is 30.2 Å². The van der Waals surface area contributed by atoms with Crippen molar-refractivity contribution in [1.29, 1.82) is 0 Å². The maximum atomic E-state index is 11.9. The van der Waals surface area contributed by atoms with Crippen molar-refractivity contribution in [2.24, 2.45) is 23.0 Å². The second-order valence-corrected chi connectivity index (χ2v) is 6.64. The van der Waals surface area contributed by atoms with Gasteiger partial charge in [-0.3, -0.25) is 4.79 Å². The van der Waals surface area contributed by atoms with Crippen LogP contribution in [0.5, 0.6) is 0 Å². The van der Waals surface area contributed by atoms with Gasteiger partial charge in [0.2, 0.25) is 5.91 Å². The van der Waals surface area contributed by atoms with Crippen LogP contribution >= 0.6 is 0 Å². The van der Waals surface area contributed by atoms with Gasteiger partial charge in [-0.2, -0.15) is 0 Å². The molecular weight excluding hydrogens is 252 g/mol. The minimum absolute atomic E-state index is 0.191. The first kappa shape index (κ1) is 17.4. The molecule has 1 unspecified atom stereocenters. The van der Waals surface area contributed by atoms with E-state index >= 15 is 0 Å². The number of carbonyl (C=O) groups is 1. The Balaban J connectivity index is 2.20. The monoisotopic (exact) mass is 284 g/mol. The third-order valence-electron chi connectivity index (χ3n) is 4.68. The third-order valence-corrected chi connectivity index (χ3v) is 4.68. The Labute approximate surface area is 123 Å². The molecule has 1 aliphatic carbocycles. The number of ether oxygens (including phenoxy) is 1. The van der Waals surface area contributed by atoms with E-state index < -0.39 is 0 Å². The van der Waals surface area contributed by atoms with E-state index in [9.17, 15) is 4.79 Å². The molecule has 0 aromatic carbocycles. The molecule has 0 radical (unpaired) electrons. The van der Waals surface area contributed by atoms with E-state index in [2.05, 4.69) is 19.2 Å². The maximum Gasteiger partial charge on any atom is 0.220 e. The van der Waals surface area contributed by atoms with Crippen molar-refractivity contribution in [3.8, 4) is 0 Å². The van der Waals surface area contributed by atoms with Crippen molar-refractivity contribution in [2.45, 2.75) is 52.4 Å². The van der Waals surface area contributed by atoms with Crippen LogP contribution in [0, 0.1) is 17.3 Å². The van der Waals surface area contributed by atoms with Crippen LogP contribution in [-0.2, 0) is 9.53 Å². The molecule has 4 nitrogen and oxygen atoms in total. The quantitative estimate of drug-likeness (QED) is 0.612. The fraction of sp³-hybridized carbons (Fsp3) is 0.938. The lowest BCUT2D eigenvalue weighted by molar-refractivity contribution is -0.121. The molecule has 1 fully saturated rings. The zero-order valence-electron chi connectivity index (χ0n) is 13.4. The Kier molecular flexibility index (Phi) is 7.52. The highest BCUT2D eigenvalue weighted by molar-refractivity contribution is 5.75. The summed E-state index contributed by atoms with van der Waals surface area (Å²) in [5, 5.41) is 3.10. The number of rotatable bonds is 11. The van der Waals surface area contributed by atoms with Crippen LogP contribution in [0.3, 0.4) is 0 Å². The Morgan fingerprint density at radius 2 is 2.05 bits per heavy atom. The molecule has 0 aliphatic heterocycles. The Bertz CT molecular complexity index is 288. The second-order valence-electron chi connectivity index (χ2n) is 6.64. The number of hydrogen-bond donors (Lipinski definition) is 2. The molecule has 0 saturated heterocycles. The SMILES string of the molecule is COCCC1(CNC(=O)CCC(CCN)C(C)C)CC1. The molecule has 0 aromatic heterocycles. The molecule has 0 bridgehead atoms. The summed E-state index contributed by atoms with van der Waals surface area (Å²) in [7, 11) is 1.73. The zero-order valence-corrected chi connectivity index (χ0v) is 13.4. The van der Waals surface area contributed by atoms with Crippen molar-refractivity contribution in [1.82, 2.24) is 5.32 Å². The summed E-state index contributed by atoms with van der Waals surface area (Å²) >= 11 is 0. The van der Waals surface area contributed by atoms with Gasteiger partial charge in [0.15, 0.2) is 0 Å². The number of hydrogen-bond acceptors (Lipinski definition) is 3. The molecule has 0 heterocycles. The first-order valence-electron chi connectivity index (χ1n) is 7.99. The highest BCUT2D eigenvalue weighted by Gasteiger charge is 2.41. The summed E-state index contributed by atoms with van der Waals surface area (Å²) < 4.78 is 5.13. The molecule has 1 aliphatic rings. The minimum atomic E-state index is 0.191. The summed E-state index contributed by atoms with van der Waals surface area (Å²) in [6.45, 7) is 6.75. The first-order chi connectivity index (χ1) is 9.53. The maximum absolute atomic E-state index is 11.9. The van der Waals surface area contributed by atoms with E-state index in [1.54, 1.807) is 7.11 Å². The van der Waals surface area contributed by atoms with Crippen molar-refractivity contribution in [2.75, 3.05) is 26.8 Å². The topological polar surface area (TPSA) is 64.3 Å². The van der Waals surface area contributed by atoms with Crippen LogP contribution in [0.4, 0.5) is 0 Å². The standard InChI is InChI=1S/C16H32N2O2/c1-13(2)14(6-10-17)4-5-15(19)18-12-16(7-8-16)9-11-20-3/h13-14H,4-12,17H2,1-3H3,(H,18,19). The van der Waals surface area contributed by atoms with Gasteiger partial charge in [-0.25, -0.2) is 0 Å². The zero-order chi connectivity index (χ0) is 15.0. The first-order valence-corrected chi connectivity index (χ1v) is 7.99. The Hall–Kier alpha value is -0.610. The summed E-state index contributed by atoms with van der Waals surface area (Å²) in [5.41, 5.74) is 5.97. The molecule has 0 aromatic rings. The summed E-state index contributed by atoms with van der Waals surface area (Å²) in [6.07, 6.45) is 6.10. The van der Waals surface area contributed by atoms with Gasteiger partial charge in [0.05, 0.1) is 0 Å². The molecule has 3 N–H and O–H groups in total. The molecule has 1 amide bonds. The van der Waals surface area contributed by atoms with Crippen molar-refractivity contribution in [3.05, 3.63) is 0 Å². The summed E-state index contributed by atoms with van der Waals surface area (Å²) in [4.78, 5) is 11.9. The van der Waals surface area contributed by atoms with E-state index in [-0.39, 0.29) is 5.91 Å². The minimum Gasteiger partial charge on any atom is -0.385 e. The number of amides is 1. The van der Waals surface area contributed by atoms with E-state index in [4.69, 9.17) is 10.5 Å². The van der Waals surface area contributed by atoms with Gasteiger partial charge in [-0.15, -0.1) is 0 Å². The van der Waals surface area contributed by atoms with Crippen molar-refractivity contribution < 1.29 is 9.53 Å². The van der Waals surface area contributed by atoms with Crippen LogP contribution in [0.25, 0.3) is 0 Å². The number of methoxy groups -OCH3 is 1. The van der Waals surface area contributed by atoms with Gasteiger partial charge >= 0.3 is 0 Å². The normalized spacial score (nSPS) is 18.1. The van der Waals surface area contributed by atoms with Gasteiger partial charge in [-0.05, 0) is 55.9 Å². The van der Waals surface area contributed by atoms with Crippen LogP contribution < -0.4 is 11.1 Å². The van der Waals surface area contributed by atoms with Gasteiger partial charge < -0.3 is 15.8 Å². The Morgan fingerprint density at radius 3 is 2.55 bits per heavy atom. The number of carbonyl (C=O) groups excluding carboxylic acids is 1. The lowest BCUT2D eigenvalue weighted by atomic mass is 9.88. The average molecular weight is 284 g/mol. The molecule has 4 heteroatoms. The second kappa shape index (κ2) is 8.63. The van der Waals surface area contributed by atoms with Crippen LogP contribution in [0.1, 0.15) is 52.4 Å². The smallest absolute Gasteiger partial charge is 0.220 e.